The van der Waals surface area contributed by atoms with Gasteiger partial charge in [0.2, 0.25) is 0 Å². The smallest absolute Gasteiger partial charge is 0.323 e. The molecule has 0 bridgehead atoms. The van der Waals surface area contributed by atoms with E-state index in [-0.39, 0.29) is 23.9 Å². The molecule has 0 radical (unpaired) electrons. The van der Waals surface area contributed by atoms with E-state index in [1.165, 1.54) is 23.3 Å². The first-order chi connectivity index (χ1) is 13.7. The average Bonchev–Trinajstić information content (AvgIpc) is 2.70. The standard InChI is InChI=1S/C17H24N2O2.C6H5F/c20-17(21-15-6-3-10-18-12-15)16-8-7-13-4-1-2-5-14(13)9-11-19-16;7-6-4-2-1-3-5-6/h1-2,4-5,15-16,18-19H,3,6-12H2;1-5H/t15?,16-;/m0./s1. The van der Waals surface area contributed by atoms with E-state index in [1.54, 1.807) is 18.2 Å². The van der Waals surface area contributed by atoms with Gasteiger partial charge in [-0.05, 0) is 68.5 Å². The molecule has 0 aliphatic carbocycles. The summed E-state index contributed by atoms with van der Waals surface area (Å²) in [5, 5.41) is 6.64. The normalized spacial score (nSPS) is 21.9. The molecule has 2 aromatic rings. The van der Waals surface area contributed by atoms with Crippen LogP contribution >= 0.6 is 0 Å². The van der Waals surface area contributed by atoms with E-state index in [0.29, 0.717) is 0 Å². The van der Waals surface area contributed by atoms with E-state index < -0.39 is 0 Å². The van der Waals surface area contributed by atoms with E-state index >= 15 is 0 Å². The molecule has 0 saturated carbocycles. The number of carbonyl (C=O) groups excluding carboxylic acids is 1. The fraction of sp³-hybridized carbons (Fsp3) is 0.435. The number of benzene rings is 2. The van der Waals surface area contributed by atoms with E-state index in [1.807, 2.05) is 0 Å². The fourth-order valence-electron chi connectivity index (χ4n) is 3.61. The predicted octanol–water partition coefficient (Wildman–Crippen LogP) is 3.25. The van der Waals surface area contributed by atoms with Crippen molar-refractivity contribution in [3.8, 4) is 0 Å². The van der Waals surface area contributed by atoms with Crippen molar-refractivity contribution in [2.45, 2.75) is 44.2 Å². The topological polar surface area (TPSA) is 50.4 Å². The number of esters is 1. The van der Waals surface area contributed by atoms with Crippen LogP contribution in [0.25, 0.3) is 0 Å². The maximum absolute atomic E-state index is 12.3. The average molecular weight is 384 g/mol. The summed E-state index contributed by atoms with van der Waals surface area (Å²) in [6.07, 6.45) is 4.84. The first-order valence-corrected chi connectivity index (χ1v) is 10.1. The number of nitrogens with one attached hydrogen (secondary N) is 2. The molecule has 4 rings (SSSR count). The number of hydrogen-bond acceptors (Lipinski definition) is 4. The minimum Gasteiger partial charge on any atom is -0.460 e. The number of hydrogen-bond donors (Lipinski definition) is 2. The van der Waals surface area contributed by atoms with Gasteiger partial charge in [-0.25, -0.2) is 4.39 Å². The van der Waals surface area contributed by atoms with Crippen LogP contribution in [0.5, 0.6) is 0 Å². The lowest BCUT2D eigenvalue weighted by Gasteiger charge is -2.27. The summed E-state index contributed by atoms with van der Waals surface area (Å²) in [5.74, 6) is -0.259. The molecule has 2 aliphatic heterocycles. The van der Waals surface area contributed by atoms with Crippen LogP contribution in [0.1, 0.15) is 30.4 Å². The molecule has 1 unspecified atom stereocenters. The minimum atomic E-state index is -0.178. The maximum atomic E-state index is 12.3. The third-order valence-electron chi connectivity index (χ3n) is 5.16. The Balaban J connectivity index is 0.000000271. The minimum absolute atomic E-state index is 0.0470. The Bertz CT molecular complexity index is 732. The van der Waals surface area contributed by atoms with Crippen molar-refractivity contribution in [3.05, 3.63) is 71.5 Å². The van der Waals surface area contributed by atoms with Gasteiger partial charge in [-0.1, -0.05) is 42.5 Å². The summed E-state index contributed by atoms with van der Waals surface area (Å²) in [5.41, 5.74) is 2.77. The van der Waals surface area contributed by atoms with E-state index in [4.69, 9.17) is 4.74 Å². The third kappa shape index (κ3) is 6.43. The third-order valence-corrected chi connectivity index (χ3v) is 5.16. The Kier molecular flexibility index (Phi) is 8.00. The van der Waals surface area contributed by atoms with Gasteiger partial charge in [0.15, 0.2) is 0 Å². The van der Waals surface area contributed by atoms with Gasteiger partial charge in [0.1, 0.15) is 18.0 Å². The molecule has 2 N–H and O–H groups in total. The van der Waals surface area contributed by atoms with Gasteiger partial charge in [0.25, 0.3) is 0 Å². The number of carbonyl (C=O) groups is 1. The Morgan fingerprint density at radius 2 is 1.64 bits per heavy atom. The molecule has 4 nitrogen and oxygen atoms in total. The van der Waals surface area contributed by atoms with E-state index in [2.05, 4.69) is 34.9 Å². The van der Waals surface area contributed by atoms with Gasteiger partial charge in [0, 0.05) is 6.54 Å². The van der Waals surface area contributed by atoms with Crippen molar-refractivity contribution in [2.24, 2.45) is 0 Å². The predicted molar refractivity (Wildman–Crippen MR) is 109 cm³/mol. The molecular formula is C23H29FN2O2. The quantitative estimate of drug-likeness (QED) is 0.781. The Hall–Kier alpha value is -2.24. The van der Waals surface area contributed by atoms with Crippen molar-refractivity contribution in [1.29, 1.82) is 0 Å². The van der Waals surface area contributed by atoms with Crippen LogP contribution in [0.3, 0.4) is 0 Å². The molecule has 1 saturated heterocycles. The fourth-order valence-corrected chi connectivity index (χ4v) is 3.61. The summed E-state index contributed by atoms with van der Waals surface area (Å²) in [6, 6.07) is 16.3. The molecule has 5 heteroatoms. The largest absolute Gasteiger partial charge is 0.460 e. The molecule has 1 fully saturated rings. The van der Waals surface area contributed by atoms with Crippen molar-refractivity contribution >= 4 is 5.97 Å². The Morgan fingerprint density at radius 1 is 0.929 bits per heavy atom. The summed E-state index contributed by atoms with van der Waals surface area (Å²) in [6.45, 7) is 2.66. The van der Waals surface area contributed by atoms with Crippen molar-refractivity contribution < 1.29 is 13.9 Å². The number of ether oxygens (including phenoxy) is 1. The summed E-state index contributed by atoms with van der Waals surface area (Å²) in [7, 11) is 0. The van der Waals surface area contributed by atoms with Crippen molar-refractivity contribution in [1.82, 2.24) is 10.6 Å². The SMILES string of the molecule is Fc1ccccc1.O=C(OC1CCCNC1)[C@@H]1CCc2ccccc2CCN1. The highest BCUT2D eigenvalue weighted by Crippen LogP contribution is 2.16. The zero-order valence-corrected chi connectivity index (χ0v) is 16.2. The van der Waals surface area contributed by atoms with Crippen LogP contribution in [0.15, 0.2) is 54.6 Å². The van der Waals surface area contributed by atoms with Crippen molar-refractivity contribution in [3.63, 3.8) is 0 Å². The number of halogens is 1. The highest BCUT2D eigenvalue weighted by molar-refractivity contribution is 5.76. The molecule has 0 amide bonds. The van der Waals surface area contributed by atoms with Crippen molar-refractivity contribution in [2.75, 3.05) is 19.6 Å². The van der Waals surface area contributed by atoms with Gasteiger partial charge in [-0.2, -0.15) is 0 Å². The summed E-state index contributed by atoms with van der Waals surface area (Å²) < 4.78 is 17.6. The first kappa shape index (κ1) is 20.5. The van der Waals surface area contributed by atoms with Crippen LogP contribution in [0.4, 0.5) is 4.39 Å². The van der Waals surface area contributed by atoms with Gasteiger partial charge >= 0.3 is 5.97 Å². The van der Waals surface area contributed by atoms with E-state index in [9.17, 15) is 9.18 Å². The second-order valence-corrected chi connectivity index (χ2v) is 7.26. The zero-order chi connectivity index (χ0) is 19.6. The van der Waals surface area contributed by atoms with Crippen LogP contribution in [-0.4, -0.2) is 37.7 Å². The van der Waals surface area contributed by atoms with Crippen LogP contribution < -0.4 is 10.6 Å². The number of rotatable bonds is 2. The Morgan fingerprint density at radius 3 is 2.29 bits per heavy atom. The lowest BCUT2D eigenvalue weighted by Crippen LogP contribution is -2.44. The van der Waals surface area contributed by atoms with Crippen LogP contribution in [0, 0.1) is 5.82 Å². The molecule has 28 heavy (non-hydrogen) atoms. The van der Waals surface area contributed by atoms with Crippen LogP contribution in [-0.2, 0) is 22.4 Å². The number of fused-ring (bicyclic) bond motifs is 1. The summed E-state index contributed by atoms with van der Waals surface area (Å²) >= 11 is 0. The second kappa shape index (κ2) is 10.9. The number of piperidine rings is 1. The second-order valence-electron chi connectivity index (χ2n) is 7.26. The molecule has 0 spiro atoms. The first-order valence-electron chi connectivity index (χ1n) is 10.1. The van der Waals surface area contributed by atoms with E-state index in [0.717, 1.165) is 51.7 Å². The molecular weight excluding hydrogens is 355 g/mol. The molecule has 2 heterocycles. The molecule has 0 aromatic heterocycles. The molecule has 2 atom stereocenters. The molecule has 150 valence electrons. The highest BCUT2D eigenvalue weighted by atomic mass is 19.1. The molecule has 2 aliphatic rings. The maximum Gasteiger partial charge on any atom is 0.323 e. The Labute approximate surface area is 166 Å². The van der Waals surface area contributed by atoms with Gasteiger partial charge < -0.3 is 15.4 Å². The van der Waals surface area contributed by atoms with Gasteiger partial charge in [-0.3, -0.25) is 4.79 Å². The number of aryl methyl sites for hydroxylation is 1. The highest BCUT2D eigenvalue weighted by Gasteiger charge is 2.25. The zero-order valence-electron chi connectivity index (χ0n) is 16.2. The summed E-state index contributed by atoms with van der Waals surface area (Å²) in [4.78, 5) is 12.3. The lowest BCUT2D eigenvalue weighted by atomic mass is 9.96. The van der Waals surface area contributed by atoms with Crippen LogP contribution in [0.2, 0.25) is 0 Å². The van der Waals surface area contributed by atoms with Gasteiger partial charge in [-0.15, -0.1) is 0 Å². The van der Waals surface area contributed by atoms with Gasteiger partial charge in [0.05, 0.1) is 0 Å². The monoisotopic (exact) mass is 384 g/mol. The lowest BCUT2D eigenvalue weighted by molar-refractivity contribution is -0.152. The molecule has 2 aromatic carbocycles.